The van der Waals surface area contributed by atoms with Crippen molar-refractivity contribution in [3.05, 3.63) is 59.7 Å². The summed E-state index contributed by atoms with van der Waals surface area (Å²) in [6.45, 7) is 12.2. The number of phenolic OH excluding ortho intramolecular Hbond substituents is 1. The summed E-state index contributed by atoms with van der Waals surface area (Å²) >= 11 is 0. The van der Waals surface area contributed by atoms with Gasteiger partial charge in [-0.1, -0.05) is 30.3 Å². The molecule has 34 heavy (non-hydrogen) atoms. The molecule has 0 spiro atoms. The first-order valence-corrected chi connectivity index (χ1v) is 11.3. The van der Waals surface area contributed by atoms with Crippen molar-refractivity contribution in [1.29, 1.82) is 0 Å². The SMILES string of the molecule is Cc1ccccc1NC(=O)C(c1cccc(O)c1)N(C(=O)C(C)NC(=O)OC(C)(C)C)C(C)C. The molecule has 8 heteroatoms. The summed E-state index contributed by atoms with van der Waals surface area (Å²) in [5.74, 6) is -0.928. The van der Waals surface area contributed by atoms with Crippen LogP contribution in [-0.4, -0.2) is 45.6 Å². The molecule has 0 heterocycles. The fourth-order valence-electron chi connectivity index (χ4n) is 3.50. The normalized spacial score (nSPS) is 13.1. The van der Waals surface area contributed by atoms with Gasteiger partial charge in [-0.2, -0.15) is 0 Å². The molecular formula is C26H35N3O5. The van der Waals surface area contributed by atoms with Crippen LogP contribution in [0.4, 0.5) is 10.5 Å². The summed E-state index contributed by atoms with van der Waals surface area (Å²) in [4.78, 5) is 40.7. The highest BCUT2D eigenvalue weighted by Crippen LogP contribution is 2.29. The van der Waals surface area contributed by atoms with Crippen molar-refractivity contribution < 1.29 is 24.2 Å². The van der Waals surface area contributed by atoms with E-state index in [4.69, 9.17) is 4.74 Å². The zero-order chi connectivity index (χ0) is 25.6. The number of hydrogen-bond donors (Lipinski definition) is 3. The third-order valence-electron chi connectivity index (χ3n) is 5.03. The Bertz CT molecular complexity index is 1030. The summed E-state index contributed by atoms with van der Waals surface area (Å²) in [6, 6.07) is 11.2. The van der Waals surface area contributed by atoms with Crippen LogP contribution in [0.3, 0.4) is 0 Å². The second-order valence-corrected chi connectivity index (χ2v) is 9.51. The molecule has 0 saturated heterocycles. The molecule has 184 valence electrons. The molecule has 2 aromatic rings. The number of alkyl carbamates (subject to hydrolysis) is 1. The summed E-state index contributed by atoms with van der Waals surface area (Å²) in [7, 11) is 0. The number of anilines is 1. The van der Waals surface area contributed by atoms with Gasteiger partial charge in [0.25, 0.3) is 5.91 Å². The molecule has 2 rings (SSSR count). The third-order valence-corrected chi connectivity index (χ3v) is 5.03. The number of aryl methyl sites for hydroxylation is 1. The first kappa shape index (κ1) is 26.7. The molecule has 0 radical (unpaired) electrons. The van der Waals surface area contributed by atoms with Crippen LogP contribution in [-0.2, 0) is 14.3 Å². The molecule has 0 aliphatic heterocycles. The van der Waals surface area contributed by atoms with Gasteiger partial charge in [-0.15, -0.1) is 0 Å². The first-order chi connectivity index (χ1) is 15.8. The average Bonchev–Trinajstić information content (AvgIpc) is 2.71. The van der Waals surface area contributed by atoms with Crippen LogP contribution in [0.25, 0.3) is 0 Å². The monoisotopic (exact) mass is 469 g/mol. The number of carbonyl (C=O) groups is 3. The number of aromatic hydroxyl groups is 1. The minimum atomic E-state index is -1.05. The summed E-state index contributed by atoms with van der Waals surface area (Å²) in [5, 5.41) is 15.5. The van der Waals surface area contributed by atoms with Gasteiger partial charge >= 0.3 is 6.09 Å². The van der Waals surface area contributed by atoms with E-state index < -0.39 is 41.6 Å². The Morgan fingerprint density at radius 1 is 1.00 bits per heavy atom. The van der Waals surface area contributed by atoms with Crippen LogP contribution in [0.5, 0.6) is 5.75 Å². The number of nitrogens with zero attached hydrogens (tertiary/aromatic N) is 1. The van der Waals surface area contributed by atoms with E-state index in [1.165, 1.54) is 17.0 Å². The number of ether oxygens (including phenoxy) is 1. The Labute approximate surface area is 201 Å². The molecule has 0 bridgehead atoms. The zero-order valence-electron chi connectivity index (χ0n) is 20.9. The molecule has 0 saturated carbocycles. The molecule has 0 fully saturated rings. The summed E-state index contributed by atoms with van der Waals surface area (Å²) < 4.78 is 5.27. The second kappa shape index (κ2) is 11.0. The first-order valence-electron chi connectivity index (χ1n) is 11.3. The van der Waals surface area contributed by atoms with E-state index in [0.29, 0.717) is 11.3 Å². The number of carbonyl (C=O) groups excluding carboxylic acids is 3. The number of rotatable bonds is 7. The molecule has 2 unspecified atom stereocenters. The van der Waals surface area contributed by atoms with Crippen molar-refractivity contribution in [1.82, 2.24) is 10.2 Å². The van der Waals surface area contributed by atoms with Crippen molar-refractivity contribution in [3.8, 4) is 5.75 Å². The van der Waals surface area contributed by atoms with Gasteiger partial charge in [-0.05, 0) is 77.8 Å². The predicted octanol–water partition coefficient (Wildman–Crippen LogP) is 4.53. The van der Waals surface area contributed by atoms with Crippen LogP contribution >= 0.6 is 0 Å². The van der Waals surface area contributed by atoms with Crippen LogP contribution in [0.1, 0.15) is 58.7 Å². The minimum Gasteiger partial charge on any atom is -0.508 e. The molecule has 2 aromatic carbocycles. The highest BCUT2D eigenvalue weighted by molar-refractivity contribution is 5.99. The van der Waals surface area contributed by atoms with E-state index in [-0.39, 0.29) is 5.75 Å². The van der Waals surface area contributed by atoms with Crippen molar-refractivity contribution in [3.63, 3.8) is 0 Å². The van der Waals surface area contributed by atoms with Crippen LogP contribution in [0, 0.1) is 6.92 Å². The Hall–Kier alpha value is -3.55. The molecule has 0 aromatic heterocycles. The standard InChI is InChI=1S/C26H35N3O5/c1-16(2)29(24(32)18(4)27-25(33)34-26(5,6)7)22(19-12-10-13-20(30)15-19)23(31)28-21-14-9-8-11-17(21)3/h8-16,18,22,30H,1-7H3,(H,27,33)(H,28,31). The van der Waals surface area contributed by atoms with E-state index >= 15 is 0 Å². The van der Waals surface area contributed by atoms with E-state index in [9.17, 15) is 19.5 Å². The van der Waals surface area contributed by atoms with E-state index in [1.807, 2.05) is 25.1 Å². The lowest BCUT2D eigenvalue weighted by molar-refractivity contribution is -0.142. The maximum atomic E-state index is 13.6. The van der Waals surface area contributed by atoms with E-state index in [2.05, 4.69) is 10.6 Å². The van der Waals surface area contributed by atoms with Crippen molar-refractivity contribution >= 4 is 23.6 Å². The van der Waals surface area contributed by atoms with Crippen molar-refractivity contribution in [2.45, 2.75) is 72.2 Å². The third kappa shape index (κ3) is 7.23. The van der Waals surface area contributed by atoms with Crippen molar-refractivity contribution in [2.75, 3.05) is 5.32 Å². The van der Waals surface area contributed by atoms with Gasteiger partial charge in [0.2, 0.25) is 5.91 Å². The molecular weight excluding hydrogens is 434 g/mol. The number of nitrogens with one attached hydrogen (secondary N) is 2. The Kier molecular flexibility index (Phi) is 8.68. The number of phenols is 1. The Morgan fingerprint density at radius 3 is 2.21 bits per heavy atom. The molecule has 3 N–H and O–H groups in total. The van der Waals surface area contributed by atoms with Gasteiger partial charge in [-0.25, -0.2) is 4.79 Å². The molecule has 3 amide bonds. The van der Waals surface area contributed by atoms with Crippen molar-refractivity contribution in [2.24, 2.45) is 0 Å². The zero-order valence-corrected chi connectivity index (χ0v) is 20.9. The Balaban J connectivity index is 2.42. The fourth-order valence-corrected chi connectivity index (χ4v) is 3.50. The van der Waals surface area contributed by atoms with Gasteiger partial charge in [-0.3, -0.25) is 9.59 Å². The molecule has 2 atom stereocenters. The minimum absolute atomic E-state index is 0.0257. The smallest absolute Gasteiger partial charge is 0.408 e. The lowest BCUT2D eigenvalue weighted by Gasteiger charge is -2.36. The number of para-hydroxylation sites is 1. The highest BCUT2D eigenvalue weighted by Gasteiger charge is 2.36. The lowest BCUT2D eigenvalue weighted by atomic mass is 10.0. The topological polar surface area (TPSA) is 108 Å². The number of benzene rings is 2. The highest BCUT2D eigenvalue weighted by atomic mass is 16.6. The van der Waals surface area contributed by atoms with Gasteiger partial charge in [0, 0.05) is 11.7 Å². The largest absolute Gasteiger partial charge is 0.508 e. The van der Waals surface area contributed by atoms with Gasteiger partial charge in [0.1, 0.15) is 23.4 Å². The number of hydrogen-bond acceptors (Lipinski definition) is 5. The summed E-state index contributed by atoms with van der Waals surface area (Å²) in [6.07, 6.45) is -0.727. The van der Waals surface area contributed by atoms with Crippen LogP contribution < -0.4 is 10.6 Å². The maximum absolute atomic E-state index is 13.6. The predicted molar refractivity (Wildman–Crippen MR) is 131 cm³/mol. The molecule has 0 aliphatic carbocycles. The van der Waals surface area contributed by atoms with Crippen LogP contribution in [0.15, 0.2) is 48.5 Å². The van der Waals surface area contributed by atoms with E-state index in [0.717, 1.165) is 5.56 Å². The molecule has 8 nitrogen and oxygen atoms in total. The van der Waals surface area contributed by atoms with Gasteiger partial charge in [0.05, 0.1) is 0 Å². The second-order valence-electron chi connectivity index (χ2n) is 9.51. The maximum Gasteiger partial charge on any atom is 0.408 e. The number of amides is 3. The van der Waals surface area contributed by atoms with Gasteiger partial charge in [0.15, 0.2) is 0 Å². The quantitative estimate of drug-likeness (QED) is 0.552. The van der Waals surface area contributed by atoms with E-state index in [1.54, 1.807) is 59.7 Å². The van der Waals surface area contributed by atoms with Gasteiger partial charge < -0.3 is 25.4 Å². The lowest BCUT2D eigenvalue weighted by Crippen LogP contribution is -2.53. The van der Waals surface area contributed by atoms with Crippen LogP contribution in [0.2, 0.25) is 0 Å². The summed E-state index contributed by atoms with van der Waals surface area (Å²) in [5.41, 5.74) is 1.21. The average molecular weight is 470 g/mol. The Morgan fingerprint density at radius 2 is 1.65 bits per heavy atom. The molecule has 0 aliphatic rings. The fraction of sp³-hybridized carbons (Fsp3) is 0.423.